The number of amides is 2. The van der Waals surface area contributed by atoms with Crippen LogP contribution in [0.15, 0.2) is 78.6 Å². The van der Waals surface area contributed by atoms with Crippen LogP contribution >= 0.6 is 0 Å². The molecule has 0 unspecified atom stereocenters. The summed E-state index contributed by atoms with van der Waals surface area (Å²) in [6.45, 7) is 0.0917. The van der Waals surface area contributed by atoms with E-state index in [1.54, 1.807) is 0 Å². The second-order valence-corrected chi connectivity index (χ2v) is 5.03. The molecule has 2 aromatic rings. The molecule has 114 valence electrons. The van der Waals surface area contributed by atoms with Crippen LogP contribution in [0, 0.1) is 0 Å². The van der Waals surface area contributed by atoms with Crippen molar-refractivity contribution < 1.29 is 14.3 Å². The standard InChI is InChI=1S/C19H15NO3/c21-18-11-12-19(22)20(18)14-17(13-15-7-3-1-4-8-15)23-16-9-5-2-6-10-16/h1-13H,14H2/b17-13-. The minimum atomic E-state index is -0.328. The lowest BCUT2D eigenvalue weighted by molar-refractivity contribution is -0.136. The van der Waals surface area contributed by atoms with Crippen molar-refractivity contribution in [1.82, 2.24) is 4.90 Å². The molecule has 1 heterocycles. The molecule has 3 rings (SSSR count). The second kappa shape index (κ2) is 6.75. The molecular weight excluding hydrogens is 290 g/mol. The third-order valence-corrected chi connectivity index (χ3v) is 3.33. The van der Waals surface area contributed by atoms with Crippen molar-refractivity contribution >= 4 is 17.9 Å². The van der Waals surface area contributed by atoms with Gasteiger partial charge in [-0.2, -0.15) is 0 Å². The van der Waals surface area contributed by atoms with E-state index in [1.165, 1.54) is 12.2 Å². The molecule has 0 fully saturated rings. The Hall–Kier alpha value is -3.14. The molecule has 0 saturated carbocycles. The van der Waals surface area contributed by atoms with E-state index in [9.17, 15) is 9.59 Å². The number of rotatable bonds is 5. The molecule has 0 aliphatic carbocycles. The molecule has 0 spiro atoms. The fourth-order valence-corrected chi connectivity index (χ4v) is 2.23. The molecule has 23 heavy (non-hydrogen) atoms. The first kappa shape index (κ1) is 14.8. The fourth-order valence-electron chi connectivity index (χ4n) is 2.23. The normalized spacial score (nSPS) is 14.4. The minimum Gasteiger partial charge on any atom is -0.460 e. The zero-order valence-electron chi connectivity index (χ0n) is 12.4. The van der Waals surface area contributed by atoms with Gasteiger partial charge in [-0.3, -0.25) is 14.5 Å². The highest BCUT2D eigenvalue weighted by molar-refractivity contribution is 6.13. The lowest BCUT2D eigenvalue weighted by Gasteiger charge is -2.17. The maximum absolute atomic E-state index is 11.8. The van der Waals surface area contributed by atoms with E-state index in [0.29, 0.717) is 11.5 Å². The van der Waals surface area contributed by atoms with Crippen molar-refractivity contribution in [3.8, 4) is 5.75 Å². The molecule has 0 N–H and O–H groups in total. The molecule has 4 heteroatoms. The van der Waals surface area contributed by atoms with Crippen LogP contribution in [0.3, 0.4) is 0 Å². The fraction of sp³-hybridized carbons (Fsp3) is 0.0526. The highest BCUT2D eigenvalue weighted by Gasteiger charge is 2.24. The predicted octanol–water partition coefficient (Wildman–Crippen LogP) is 3.03. The van der Waals surface area contributed by atoms with E-state index in [1.807, 2.05) is 66.7 Å². The highest BCUT2D eigenvalue weighted by Crippen LogP contribution is 2.17. The van der Waals surface area contributed by atoms with Gasteiger partial charge in [0.1, 0.15) is 11.5 Å². The molecule has 0 saturated heterocycles. The molecule has 0 radical (unpaired) electrons. The van der Waals surface area contributed by atoms with Gasteiger partial charge in [0.25, 0.3) is 11.8 Å². The van der Waals surface area contributed by atoms with Crippen LogP contribution in [0.25, 0.3) is 6.08 Å². The van der Waals surface area contributed by atoms with Crippen LogP contribution < -0.4 is 4.74 Å². The summed E-state index contributed by atoms with van der Waals surface area (Å²) >= 11 is 0. The number of carbonyl (C=O) groups is 2. The number of nitrogens with zero attached hydrogens (tertiary/aromatic N) is 1. The average molecular weight is 305 g/mol. The van der Waals surface area contributed by atoms with Gasteiger partial charge in [0.05, 0.1) is 6.54 Å². The molecule has 1 aliphatic heterocycles. The van der Waals surface area contributed by atoms with Gasteiger partial charge in [-0.25, -0.2) is 0 Å². The summed E-state index contributed by atoms with van der Waals surface area (Å²) in [6.07, 6.45) is 4.36. The lowest BCUT2D eigenvalue weighted by atomic mass is 10.2. The van der Waals surface area contributed by atoms with Gasteiger partial charge >= 0.3 is 0 Å². The molecule has 2 aromatic carbocycles. The Labute approximate surface area is 134 Å². The van der Waals surface area contributed by atoms with Gasteiger partial charge in [0.15, 0.2) is 0 Å². The van der Waals surface area contributed by atoms with Crippen LogP contribution in [0.4, 0.5) is 0 Å². The smallest absolute Gasteiger partial charge is 0.254 e. The Kier molecular flexibility index (Phi) is 4.34. The van der Waals surface area contributed by atoms with Crippen molar-refractivity contribution in [2.45, 2.75) is 0 Å². The summed E-state index contributed by atoms with van der Waals surface area (Å²) in [6, 6.07) is 18.9. The third kappa shape index (κ3) is 3.74. The zero-order valence-corrected chi connectivity index (χ0v) is 12.4. The van der Waals surface area contributed by atoms with E-state index >= 15 is 0 Å². The summed E-state index contributed by atoms with van der Waals surface area (Å²) < 4.78 is 5.86. The van der Waals surface area contributed by atoms with Crippen molar-refractivity contribution in [3.05, 3.63) is 84.1 Å². The maximum atomic E-state index is 11.8. The van der Waals surface area contributed by atoms with E-state index in [4.69, 9.17) is 4.74 Å². The topological polar surface area (TPSA) is 46.6 Å². The first-order valence-corrected chi connectivity index (χ1v) is 7.24. The summed E-state index contributed by atoms with van der Waals surface area (Å²) in [5, 5.41) is 0. The molecule has 2 amide bonds. The quantitative estimate of drug-likeness (QED) is 0.630. The summed E-state index contributed by atoms with van der Waals surface area (Å²) in [5.74, 6) is 0.519. The number of ether oxygens (including phenoxy) is 1. The Bertz CT molecular complexity index is 746. The van der Waals surface area contributed by atoms with Crippen molar-refractivity contribution in [2.24, 2.45) is 0 Å². The number of para-hydroxylation sites is 1. The molecular formula is C19H15NO3. The van der Waals surface area contributed by atoms with Crippen LogP contribution in [-0.2, 0) is 9.59 Å². The number of carbonyl (C=O) groups excluding carboxylic acids is 2. The monoisotopic (exact) mass is 305 g/mol. The van der Waals surface area contributed by atoms with Gasteiger partial charge in [-0.15, -0.1) is 0 Å². The first-order valence-electron chi connectivity index (χ1n) is 7.24. The number of hydrogen-bond donors (Lipinski definition) is 0. The van der Waals surface area contributed by atoms with Crippen molar-refractivity contribution in [1.29, 1.82) is 0 Å². The van der Waals surface area contributed by atoms with Crippen LogP contribution in [0.5, 0.6) is 5.75 Å². The van der Waals surface area contributed by atoms with Crippen molar-refractivity contribution in [2.75, 3.05) is 6.54 Å². The summed E-state index contributed by atoms with van der Waals surface area (Å²) in [7, 11) is 0. The zero-order chi connectivity index (χ0) is 16.1. The van der Waals surface area contributed by atoms with Gasteiger partial charge in [-0.1, -0.05) is 48.5 Å². The van der Waals surface area contributed by atoms with E-state index < -0.39 is 0 Å². The van der Waals surface area contributed by atoms with E-state index in [-0.39, 0.29) is 18.4 Å². The highest BCUT2D eigenvalue weighted by atomic mass is 16.5. The molecule has 0 bridgehead atoms. The van der Waals surface area contributed by atoms with Gasteiger partial charge in [0, 0.05) is 12.2 Å². The number of imide groups is 1. The molecule has 0 aromatic heterocycles. The second-order valence-electron chi connectivity index (χ2n) is 5.03. The number of benzene rings is 2. The van der Waals surface area contributed by atoms with E-state index in [2.05, 4.69) is 0 Å². The van der Waals surface area contributed by atoms with Crippen LogP contribution in [-0.4, -0.2) is 23.3 Å². The maximum Gasteiger partial charge on any atom is 0.254 e. The van der Waals surface area contributed by atoms with Gasteiger partial charge in [0.2, 0.25) is 0 Å². The Morgan fingerprint density at radius 2 is 1.43 bits per heavy atom. The SMILES string of the molecule is O=C1C=CC(=O)N1C/C(=C/c1ccccc1)Oc1ccccc1. The third-order valence-electron chi connectivity index (χ3n) is 3.33. The molecule has 0 atom stereocenters. The molecule has 4 nitrogen and oxygen atoms in total. The summed E-state index contributed by atoms with van der Waals surface area (Å²) in [5.41, 5.74) is 0.936. The average Bonchev–Trinajstić information content (AvgIpc) is 2.89. The van der Waals surface area contributed by atoms with E-state index in [0.717, 1.165) is 10.5 Å². The lowest BCUT2D eigenvalue weighted by Crippen LogP contribution is -2.32. The Morgan fingerprint density at radius 1 is 0.870 bits per heavy atom. The van der Waals surface area contributed by atoms with Gasteiger partial charge < -0.3 is 4.74 Å². The largest absolute Gasteiger partial charge is 0.460 e. The minimum absolute atomic E-state index is 0.0917. The summed E-state index contributed by atoms with van der Waals surface area (Å²) in [4.78, 5) is 24.7. The van der Waals surface area contributed by atoms with Crippen molar-refractivity contribution in [3.63, 3.8) is 0 Å². The van der Waals surface area contributed by atoms with Crippen LogP contribution in [0.1, 0.15) is 5.56 Å². The molecule has 1 aliphatic rings. The first-order chi connectivity index (χ1) is 11.2. The predicted molar refractivity (Wildman–Crippen MR) is 87.3 cm³/mol. The Balaban J connectivity index is 1.86. The number of hydrogen-bond acceptors (Lipinski definition) is 3. The Morgan fingerprint density at radius 3 is 2.04 bits per heavy atom. The van der Waals surface area contributed by atoms with Gasteiger partial charge in [-0.05, 0) is 23.8 Å². The van der Waals surface area contributed by atoms with Crippen LogP contribution in [0.2, 0.25) is 0 Å².